The summed E-state index contributed by atoms with van der Waals surface area (Å²) in [6, 6.07) is 4.80. The second kappa shape index (κ2) is 6.83. The number of rotatable bonds is 6. The highest BCUT2D eigenvalue weighted by Gasteiger charge is 2.30. The summed E-state index contributed by atoms with van der Waals surface area (Å²) in [7, 11) is 0. The van der Waals surface area contributed by atoms with E-state index in [0.717, 1.165) is 12.1 Å². The number of esters is 1. The molecule has 0 fully saturated rings. The molecule has 0 bridgehead atoms. The normalized spacial score (nSPS) is 10.8. The van der Waals surface area contributed by atoms with Crippen molar-refractivity contribution in [2.75, 3.05) is 13.2 Å². The number of hydrogen-bond donors (Lipinski definition) is 0. The molecule has 7 heteroatoms. The topological polar surface area (TPSA) is 44.8 Å². The minimum absolute atomic E-state index is 0.113. The fraction of sp³-hybridized carbons (Fsp3) is 0.308. The van der Waals surface area contributed by atoms with Crippen molar-refractivity contribution in [1.29, 1.82) is 0 Å². The standard InChI is InChI=1S/C13H13F3O4/c1-3-18-12(17)9(2)8-19-10-4-6-11(7-5-10)20-13(14,15)16/h4-7H,2-3,8H2,1H3. The van der Waals surface area contributed by atoms with Gasteiger partial charge in [-0.25, -0.2) is 4.79 Å². The molecule has 0 aliphatic heterocycles. The molecule has 20 heavy (non-hydrogen) atoms. The molecule has 4 nitrogen and oxygen atoms in total. The van der Waals surface area contributed by atoms with Crippen molar-refractivity contribution in [3.63, 3.8) is 0 Å². The first kappa shape index (κ1) is 15.9. The minimum atomic E-state index is -4.74. The Kier molecular flexibility index (Phi) is 5.42. The molecule has 0 unspecified atom stereocenters. The van der Waals surface area contributed by atoms with Gasteiger partial charge >= 0.3 is 12.3 Å². The second-order valence-corrected chi connectivity index (χ2v) is 3.63. The third kappa shape index (κ3) is 5.64. The Hall–Kier alpha value is -2.18. The molecule has 0 heterocycles. The molecule has 0 aliphatic rings. The molecule has 0 N–H and O–H groups in total. The van der Waals surface area contributed by atoms with E-state index in [1.165, 1.54) is 12.1 Å². The number of alkyl halides is 3. The number of carbonyl (C=O) groups is 1. The Morgan fingerprint density at radius 2 is 1.75 bits per heavy atom. The highest BCUT2D eigenvalue weighted by atomic mass is 19.4. The van der Waals surface area contributed by atoms with Crippen LogP contribution in [-0.2, 0) is 9.53 Å². The number of halogens is 3. The maximum atomic E-state index is 11.9. The Bertz CT molecular complexity index is 465. The van der Waals surface area contributed by atoms with E-state index in [1.807, 2.05) is 0 Å². The average molecular weight is 290 g/mol. The number of ether oxygens (including phenoxy) is 3. The molecular weight excluding hydrogens is 277 g/mol. The van der Waals surface area contributed by atoms with Crippen molar-refractivity contribution < 1.29 is 32.2 Å². The van der Waals surface area contributed by atoms with Crippen molar-refractivity contribution >= 4 is 5.97 Å². The summed E-state index contributed by atoms with van der Waals surface area (Å²) in [6.45, 7) is 5.25. The Balaban J connectivity index is 2.50. The van der Waals surface area contributed by atoms with Crippen molar-refractivity contribution in [2.24, 2.45) is 0 Å². The lowest BCUT2D eigenvalue weighted by Crippen LogP contribution is -2.17. The van der Waals surface area contributed by atoms with Crippen LogP contribution in [0.1, 0.15) is 6.92 Å². The van der Waals surface area contributed by atoms with Gasteiger partial charge in [0, 0.05) is 0 Å². The smallest absolute Gasteiger partial charge is 0.489 e. The van der Waals surface area contributed by atoms with E-state index in [4.69, 9.17) is 9.47 Å². The lowest BCUT2D eigenvalue weighted by molar-refractivity contribution is -0.274. The highest BCUT2D eigenvalue weighted by molar-refractivity contribution is 5.88. The van der Waals surface area contributed by atoms with Crippen molar-refractivity contribution in [1.82, 2.24) is 0 Å². The minimum Gasteiger partial charge on any atom is -0.489 e. The lowest BCUT2D eigenvalue weighted by Gasteiger charge is -2.10. The van der Waals surface area contributed by atoms with Crippen molar-refractivity contribution in [3.8, 4) is 11.5 Å². The molecule has 1 aromatic rings. The van der Waals surface area contributed by atoms with Gasteiger partial charge in [0.05, 0.1) is 12.2 Å². The Morgan fingerprint density at radius 1 is 1.20 bits per heavy atom. The van der Waals surface area contributed by atoms with Crippen LogP contribution in [0.2, 0.25) is 0 Å². The van der Waals surface area contributed by atoms with Crippen LogP contribution >= 0.6 is 0 Å². The molecular formula is C13H13F3O4. The first-order valence-electron chi connectivity index (χ1n) is 5.65. The van der Waals surface area contributed by atoms with Crippen LogP contribution in [-0.4, -0.2) is 25.5 Å². The van der Waals surface area contributed by atoms with Gasteiger partial charge in [-0.05, 0) is 31.2 Å². The summed E-state index contributed by atoms with van der Waals surface area (Å²) >= 11 is 0. The molecule has 0 radical (unpaired) electrons. The number of hydrogen-bond acceptors (Lipinski definition) is 4. The maximum Gasteiger partial charge on any atom is 0.573 e. The summed E-state index contributed by atoms with van der Waals surface area (Å²) in [5, 5.41) is 0. The summed E-state index contributed by atoms with van der Waals surface area (Å²) in [5.74, 6) is -0.649. The van der Waals surface area contributed by atoms with Gasteiger partial charge in [-0.15, -0.1) is 13.2 Å². The van der Waals surface area contributed by atoms with Crippen LogP contribution in [0.5, 0.6) is 11.5 Å². The van der Waals surface area contributed by atoms with Gasteiger partial charge in [0.1, 0.15) is 18.1 Å². The molecule has 0 saturated heterocycles. The third-order valence-corrected chi connectivity index (χ3v) is 2.03. The van der Waals surface area contributed by atoms with Gasteiger partial charge < -0.3 is 14.2 Å². The zero-order chi connectivity index (χ0) is 15.2. The van der Waals surface area contributed by atoms with Crippen LogP contribution < -0.4 is 9.47 Å². The molecule has 0 aromatic heterocycles. The molecule has 0 aliphatic carbocycles. The monoisotopic (exact) mass is 290 g/mol. The second-order valence-electron chi connectivity index (χ2n) is 3.63. The van der Waals surface area contributed by atoms with Gasteiger partial charge in [0.15, 0.2) is 0 Å². The van der Waals surface area contributed by atoms with Gasteiger partial charge in [-0.1, -0.05) is 6.58 Å². The van der Waals surface area contributed by atoms with E-state index in [-0.39, 0.29) is 30.3 Å². The van der Waals surface area contributed by atoms with E-state index in [1.54, 1.807) is 6.92 Å². The summed E-state index contributed by atoms with van der Waals surface area (Å²) in [6.07, 6.45) is -4.74. The highest BCUT2D eigenvalue weighted by Crippen LogP contribution is 2.24. The van der Waals surface area contributed by atoms with Crippen LogP contribution in [0.3, 0.4) is 0 Å². The summed E-state index contributed by atoms with van der Waals surface area (Å²) < 4.78 is 49.4. The number of benzene rings is 1. The SMILES string of the molecule is C=C(COc1ccc(OC(F)(F)F)cc1)C(=O)OCC. The molecule has 0 atom stereocenters. The fourth-order valence-corrected chi connectivity index (χ4v) is 1.20. The van der Waals surface area contributed by atoms with Crippen LogP contribution in [0.15, 0.2) is 36.4 Å². The Labute approximate surface area is 113 Å². The Morgan fingerprint density at radius 3 is 2.25 bits per heavy atom. The first-order chi connectivity index (χ1) is 9.31. The quantitative estimate of drug-likeness (QED) is 0.596. The van der Waals surface area contributed by atoms with Crippen LogP contribution in [0.4, 0.5) is 13.2 Å². The molecule has 1 aromatic carbocycles. The fourth-order valence-electron chi connectivity index (χ4n) is 1.20. The molecule has 1 rings (SSSR count). The van der Waals surface area contributed by atoms with Gasteiger partial charge in [0.25, 0.3) is 0 Å². The summed E-state index contributed by atoms with van der Waals surface area (Å²) in [4.78, 5) is 11.2. The number of carbonyl (C=O) groups excluding carboxylic acids is 1. The van der Waals surface area contributed by atoms with E-state index in [0.29, 0.717) is 0 Å². The zero-order valence-corrected chi connectivity index (χ0v) is 10.7. The predicted octanol–water partition coefficient (Wildman–Crippen LogP) is 3.08. The van der Waals surface area contributed by atoms with E-state index < -0.39 is 12.3 Å². The molecule has 0 spiro atoms. The van der Waals surface area contributed by atoms with Crippen LogP contribution in [0.25, 0.3) is 0 Å². The van der Waals surface area contributed by atoms with E-state index >= 15 is 0 Å². The lowest BCUT2D eigenvalue weighted by atomic mass is 10.3. The van der Waals surface area contributed by atoms with Gasteiger partial charge in [0.2, 0.25) is 0 Å². The maximum absolute atomic E-state index is 11.9. The van der Waals surface area contributed by atoms with E-state index in [9.17, 15) is 18.0 Å². The molecule has 0 saturated carbocycles. The third-order valence-electron chi connectivity index (χ3n) is 2.03. The molecule has 0 amide bonds. The zero-order valence-electron chi connectivity index (χ0n) is 10.7. The summed E-state index contributed by atoms with van der Waals surface area (Å²) in [5.41, 5.74) is 0.113. The van der Waals surface area contributed by atoms with Crippen molar-refractivity contribution in [3.05, 3.63) is 36.4 Å². The van der Waals surface area contributed by atoms with Gasteiger partial charge in [-0.3, -0.25) is 0 Å². The van der Waals surface area contributed by atoms with Crippen LogP contribution in [0, 0.1) is 0 Å². The average Bonchev–Trinajstić information content (AvgIpc) is 2.36. The predicted molar refractivity (Wildman–Crippen MR) is 64.4 cm³/mol. The largest absolute Gasteiger partial charge is 0.573 e. The van der Waals surface area contributed by atoms with Crippen molar-refractivity contribution in [2.45, 2.75) is 13.3 Å². The van der Waals surface area contributed by atoms with E-state index in [2.05, 4.69) is 11.3 Å². The van der Waals surface area contributed by atoms with Gasteiger partial charge in [-0.2, -0.15) is 0 Å². The first-order valence-corrected chi connectivity index (χ1v) is 5.65. The molecule has 110 valence electrons.